The van der Waals surface area contributed by atoms with Crippen molar-refractivity contribution < 1.29 is 95.7 Å². The second kappa shape index (κ2) is 29.6. The third-order valence-electron chi connectivity index (χ3n) is 11.8. The third kappa shape index (κ3) is 17.3. The zero-order chi connectivity index (χ0) is 59.5. The minimum absolute atomic E-state index is 0. The van der Waals surface area contributed by atoms with Gasteiger partial charge in [0.1, 0.15) is 63.4 Å². The second-order valence-electron chi connectivity index (χ2n) is 17.5. The number of fused-ring (bicyclic) bond motifs is 4. The average Bonchev–Trinajstić information content (AvgIpc) is 3.50. The molecule has 0 saturated carbocycles. The van der Waals surface area contributed by atoms with E-state index in [-0.39, 0.29) is 86.8 Å². The zero-order valence-electron chi connectivity index (χ0n) is 45.0. The van der Waals surface area contributed by atoms with Gasteiger partial charge in [0, 0.05) is 24.8 Å². The summed E-state index contributed by atoms with van der Waals surface area (Å²) in [6.07, 6.45) is 6.30. The van der Waals surface area contributed by atoms with Gasteiger partial charge in [-0.15, -0.1) is 22.7 Å². The number of sulfonamides is 4. The van der Waals surface area contributed by atoms with Gasteiger partial charge in [-0.05, 0) is 143 Å². The molecule has 0 radical (unpaired) electrons. The van der Waals surface area contributed by atoms with E-state index in [2.05, 4.69) is 38.8 Å². The first-order valence-corrected chi connectivity index (χ1v) is 30.3. The van der Waals surface area contributed by atoms with Gasteiger partial charge >= 0.3 is 39.0 Å². The topological polar surface area (TPSA) is 276 Å². The Morgan fingerprint density at radius 2 is 0.425 bits per heavy atom. The summed E-state index contributed by atoms with van der Waals surface area (Å²) >= 11 is 0. The van der Waals surface area contributed by atoms with Crippen molar-refractivity contribution in [2.24, 2.45) is 0 Å². The van der Waals surface area contributed by atoms with Gasteiger partial charge in [-0.1, -0.05) is 97.1 Å². The monoisotopic (exact) mass is 1350 g/mol. The fourth-order valence-corrected chi connectivity index (χ4v) is 11.8. The van der Waals surface area contributed by atoms with Gasteiger partial charge in [-0.25, -0.2) is 51.2 Å². The van der Waals surface area contributed by atoms with Crippen molar-refractivity contribution >= 4 is 106 Å². The summed E-state index contributed by atoms with van der Waals surface area (Å²) < 4.78 is 165. The molecule has 0 unspecified atom stereocenters. The minimum atomic E-state index is -3.90. The van der Waals surface area contributed by atoms with Crippen molar-refractivity contribution in [3.8, 4) is 0 Å². The number of pyridine rings is 4. The number of para-hydroxylation sites is 4. The van der Waals surface area contributed by atoms with Gasteiger partial charge in [0.15, 0.2) is 0 Å². The molecule has 0 spiro atoms. The van der Waals surface area contributed by atoms with Crippen LogP contribution in [0.4, 0.5) is 40.3 Å². The Kier molecular flexibility index (Phi) is 23.0. The van der Waals surface area contributed by atoms with Crippen molar-refractivity contribution in [1.82, 2.24) is 19.9 Å². The molecule has 12 aromatic rings. The maximum atomic E-state index is 12.9. The van der Waals surface area contributed by atoms with Crippen molar-refractivity contribution in [3.05, 3.63) is 285 Å². The van der Waals surface area contributed by atoms with E-state index in [9.17, 15) is 51.2 Å². The van der Waals surface area contributed by atoms with Crippen molar-refractivity contribution in [2.75, 3.05) is 0 Å². The summed E-state index contributed by atoms with van der Waals surface area (Å²) in [6, 6.07) is 53.0. The summed E-state index contributed by atoms with van der Waals surface area (Å²) in [6.45, 7) is 0. The molecule has 0 fully saturated rings. The van der Waals surface area contributed by atoms with E-state index in [1.165, 1.54) is 48.5 Å². The van der Waals surface area contributed by atoms with Gasteiger partial charge in [0.2, 0.25) is 0 Å². The summed E-state index contributed by atoms with van der Waals surface area (Å²) in [7, 11) is -15.6. The maximum absolute atomic E-state index is 12.9. The van der Waals surface area contributed by atoms with Crippen LogP contribution in [0.3, 0.4) is 0 Å². The Labute approximate surface area is 523 Å². The van der Waals surface area contributed by atoms with Crippen molar-refractivity contribution in [1.29, 1.82) is 0 Å². The minimum Gasteiger partial charge on any atom is -0.571 e. The predicted octanol–water partition coefficient (Wildman–Crippen LogP) is 14.2. The van der Waals surface area contributed by atoms with E-state index in [0.29, 0.717) is 22.1 Å². The maximum Gasteiger partial charge on any atom is 2.00 e. The number of rotatable bonds is 12. The molecule has 8 aromatic carbocycles. The second-order valence-corrected chi connectivity index (χ2v) is 23.9. The summed E-state index contributed by atoms with van der Waals surface area (Å²) in [5.41, 5.74) is 3.07. The molecule has 2 N–H and O–H groups in total. The van der Waals surface area contributed by atoms with Crippen LogP contribution < -0.4 is 0 Å². The molecule has 432 valence electrons. The van der Waals surface area contributed by atoms with Crippen LogP contribution in [-0.2, 0) is 79.0 Å². The molecule has 0 aliphatic carbocycles. The zero-order valence-corrected chi connectivity index (χ0v) is 54.2. The molecule has 0 saturated heterocycles. The van der Waals surface area contributed by atoms with Crippen LogP contribution >= 0.6 is 0 Å². The van der Waals surface area contributed by atoms with Crippen molar-refractivity contribution in [3.63, 3.8) is 0 Å². The van der Waals surface area contributed by atoms with Gasteiger partial charge in [-0.3, -0.25) is 19.9 Å². The summed E-state index contributed by atoms with van der Waals surface area (Å²) in [5, 5.41) is 3.20. The Morgan fingerprint density at radius 1 is 0.253 bits per heavy atom. The Hall–Kier alpha value is -8.67. The van der Waals surface area contributed by atoms with Crippen LogP contribution in [0.1, 0.15) is 0 Å². The van der Waals surface area contributed by atoms with Crippen molar-refractivity contribution in [2.45, 2.75) is 19.6 Å². The number of aromatic nitrogens is 4. The van der Waals surface area contributed by atoms with Crippen LogP contribution in [0.2, 0.25) is 0 Å². The Balaban J connectivity index is 0.000000183. The molecule has 17 nitrogen and oxygen atoms in total. The van der Waals surface area contributed by atoms with Gasteiger partial charge < -0.3 is 24.4 Å². The van der Waals surface area contributed by atoms with Crippen LogP contribution in [0.5, 0.6) is 0 Å². The number of benzene rings is 8. The molecule has 87 heavy (non-hydrogen) atoms. The smallest absolute Gasteiger partial charge is 0.571 e. The predicted molar refractivity (Wildman–Crippen MR) is 317 cm³/mol. The summed E-state index contributed by atoms with van der Waals surface area (Å²) in [5.74, 6) is -2.00. The molecule has 27 heteroatoms. The summed E-state index contributed by atoms with van der Waals surface area (Å²) in [4.78, 5) is 16.4. The normalized spacial score (nSPS) is 11.1. The molecule has 0 aliphatic heterocycles. The molecule has 0 bridgehead atoms. The molecular formula is C60H42F4N8O9S4Zn2. The first kappa shape index (κ1) is 67.5. The largest absolute Gasteiger partial charge is 2.00 e. The van der Waals surface area contributed by atoms with E-state index in [1.807, 2.05) is 48.5 Å². The van der Waals surface area contributed by atoms with E-state index in [0.717, 1.165) is 70.1 Å². The third-order valence-corrected chi connectivity index (χ3v) is 17.0. The first-order chi connectivity index (χ1) is 40.2. The molecular weight excluding hydrogens is 1310 g/mol. The number of hydrogen-bond acceptors (Lipinski definition) is 12. The molecule has 0 atom stereocenters. The van der Waals surface area contributed by atoms with E-state index in [1.54, 1.807) is 97.6 Å². The Morgan fingerprint density at radius 3 is 0.609 bits per heavy atom. The number of nitrogens with zero attached hydrogens (tertiary/aromatic N) is 8. The van der Waals surface area contributed by atoms with Crippen LogP contribution in [0.15, 0.2) is 263 Å². The standard InChI is InChI=1S/4C15H10FN2O2S.H2O.2Zn/c4*16-12-6-8-13(9-7-12)21(19,20)18-14-5-1-3-11-4-2-10-17-15(11)14;;;/h4*1-10H;1H2;;/q4*-1;;2*+2. The Bertz CT molecular complexity index is 4180. The number of halogens is 4. The SMILES string of the molecule is O.O=S(=O)([N-]c1cccc2cccnc12)c1ccc(F)cc1.O=S(=O)([N-]c1cccc2cccnc12)c1ccc(F)cc1.O=S(=O)([N-]c1cccc2cccnc12)c1ccc(F)cc1.O=S(=O)([N-]c1cccc2cccnc12)c1ccc(F)cc1.[Zn+2].[Zn+2]. The average molecular weight is 1350 g/mol. The number of hydrogen-bond donors (Lipinski definition) is 0. The van der Waals surface area contributed by atoms with Gasteiger partial charge in [-0.2, -0.15) is 0 Å². The molecule has 12 rings (SSSR count). The molecule has 0 amide bonds. The molecule has 4 aromatic heterocycles. The van der Waals surface area contributed by atoms with E-state index < -0.39 is 63.4 Å². The van der Waals surface area contributed by atoms with Crippen LogP contribution in [-0.4, -0.2) is 59.1 Å². The molecule has 0 aliphatic rings. The van der Waals surface area contributed by atoms with Gasteiger partial charge in [0.05, 0.1) is 41.6 Å². The molecule has 4 heterocycles. The fraction of sp³-hybridized carbons (Fsp3) is 0. The van der Waals surface area contributed by atoms with Crippen LogP contribution in [0.25, 0.3) is 62.5 Å². The van der Waals surface area contributed by atoms with E-state index >= 15 is 0 Å². The first-order valence-electron chi connectivity index (χ1n) is 24.5. The van der Waals surface area contributed by atoms with Crippen LogP contribution in [0, 0.1) is 23.3 Å². The quantitative estimate of drug-likeness (QED) is 0.0815. The van der Waals surface area contributed by atoms with E-state index in [4.69, 9.17) is 0 Å². The van der Waals surface area contributed by atoms with Gasteiger partial charge in [0.25, 0.3) is 0 Å². The fourth-order valence-electron chi connectivity index (χ4n) is 7.80.